The largest absolute Gasteiger partial charge is 0.466 e. The summed E-state index contributed by atoms with van der Waals surface area (Å²) in [7, 11) is 2.24. The molecule has 0 radical (unpaired) electrons. The van der Waals surface area contributed by atoms with Gasteiger partial charge in [-0.3, -0.25) is 4.90 Å². The summed E-state index contributed by atoms with van der Waals surface area (Å²) in [5.74, 6) is -3.92. The van der Waals surface area contributed by atoms with E-state index < -0.39 is 23.7 Å². The zero-order valence-electron chi connectivity index (χ0n) is 17.5. The van der Waals surface area contributed by atoms with E-state index in [1.165, 1.54) is 6.07 Å². The fourth-order valence-electron chi connectivity index (χ4n) is 3.57. The number of nitriles is 1. The van der Waals surface area contributed by atoms with E-state index in [2.05, 4.69) is 0 Å². The first-order valence-corrected chi connectivity index (χ1v) is 9.75. The average molecular weight is 456 g/mol. The van der Waals surface area contributed by atoms with Crippen LogP contribution in [0.2, 0.25) is 5.02 Å². The number of allylic oxidation sites excluding steroid dienone is 1. The molecule has 164 valence electrons. The minimum Gasteiger partial charge on any atom is -0.466 e. The van der Waals surface area contributed by atoms with Crippen molar-refractivity contribution in [3.63, 3.8) is 0 Å². The van der Waals surface area contributed by atoms with Crippen molar-refractivity contribution < 1.29 is 23.5 Å². The van der Waals surface area contributed by atoms with Crippen LogP contribution in [0, 0.1) is 24.1 Å². The predicted octanol–water partition coefficient (Wildman–Crippen LogP) is 3.69. The lowest BCUT2D eigenvalue weighted by atomic mass is 9.81. The van der Waals surface area contributed by atoms with E-state index in [-0.39, 0.29) is 33.4 Å². The van der Waals surface area contributed by atoms with E-state index in [0.717, 1.165) is 25.2 Å². The number of nitrogens with two attached hydrogens (primary N) is 1. The first-order valence-electron chi connectivity index (χ1n) is 9.38. The molecule has 9 heteroatoms. The molecule has 1 aliphatic rings. The second-order valence-corrected chi connectivity index (χ2v) is 7.30. The van der Waals surface area contributed by atoms with Gasteiger partial charge < -0.3 is 15.2 Å². The van der Waals surface area contributed by atoms with E-state index >= 15 is 4.39 Å². The first-order chi connectivity index (χ1) is 15.3. The highest BCUT2D eigenvalue weighted by molar-refractivity contribution is 6.31. The minimum absolute atomic E-state index is 0.0691. The maximum Gasteiger partial charge on any atom is 0.355 e. The lowest BCUT2D eigenvalue weighted by Gasteiger charge is -2.36. The van der Waals surface area contributed by atoms with Crippen molar-refractivity contribution in [1.82, 2.24) is 0 Å². The van der Waals surface area contributed by atoms with Crippen LogP contribution in [-0.4, -0.2) is 26.2 Å². The Morgan fingerprint density at radius 1 is 1.16 bits per heavy atom. The fraction of sp³-hybridized carbons (Fsp3) is 0.174. The highest BCUT2D eigenvalue weighted by Gasteiger charge is 2.43. The molecule has 2 N–H and O–H groups in total. The molecule has 0 aliphatic carbocycles. The molecule has 0 aromatic heterocycles. The number of hydrogen-bond acceptors (Lipinski definition) is 7. The molecule has 3 rings (SSSR count). The van der Waals surface area contributed by atoms with Gasteiger partial charge >= 0.3 is 11.9 Å². The Morgan fingerprint density at radius 3 is 2.34 bits per heavy atom. The number of anilines is 1. The topological polar surface area (TPSA) is 106 Å². The van der Waals surface area contributed by atoms with Gasteiger partial charge in [0.15, 0.2) is 0 Å². The third-order valence-electron chi connectivity index (χ3n) is 5.08. The van der Waals surface area contributed by atoms with Crippen molar-refractivity contribution in [2.24, 2.45) is 5.73 Å². The fourth-order valence-corrected chi connectivity index (χ4v) is 3.73. The number of esters is 2. The maximum absolute atomic E-state index is 15.0. The summed E-state index contributed by atoms with van der Waals surface area (Å²) in [4.78, 5) is 26.8. The first kappa shape index (κ1) is 22.8. The molecular weight excluding hydrogens is 437 g/mol. The third kappa shape index (κ3) is 3.79. The van der Waals surface area contributed by atoms with Gasteiger partial charge in [0.25, 0.3) is 0 Å². The van der Waals surface area contributed by atoms with Crippen LogP contribution >= 0.6 is 11.6 Å². The van der Waals surface area contributed by atoms with E-state index in [1.54, 1.807) is 37.3 Å². The molecule has 0 fully saturated rings. The van der Waals surface area contributed by atoms with Gasteiger partial charge in [0.2, 0.25) is 0 Å². The summed E-state index contributed by atoms with van der Waals surface area (Å²) >= 11 is 6.20. The Morgan fingerprint density at radius 2 is 1.78 bits per heavy atom. The predicted molar refractivity (Wildman–Crippen MR) is 116 cm³/mol. The molecule has 1 unspecified atom stereocenters. The number of aryl methyl sites for hydroxylation is 1. The van der Waals surface area contributed by atoms with Gasteiger partial charge in [-0.05, 0) is 30.2 Å². The number of rotatable bonds is 4. The van der Waals surface area contributed by atoms with E-state index in [9.17, 15) is 14.9 Å². The normalized spacial score (nSPS) is 16.0. The average Bonchev–Trinajstić information content (AvgIpc) is 2.80. The number of ether oxygens (including phenoxy) is 2. The highest BCUT2D eigenvalue weighted by Crippen LogP contribution is 2.44. The molecule has 0 spiro atoms. The molecule has 7 nitrogen and oxygen atoms in total. The quantitative estimate of drug-likeness (QED) is 0.701. The number of carbonyl (C=O) groups is 2. The van der Waals surface area contributed by atoms with Gasteiger partial charge in [0, 0.05) is 5.02 Å². The summed E-state index contributed by atoms with van der Waals surface area (Å²) in [6.07, 6.45) is 0. The van der Waals surface area contributed by atoms with Crippen molar-refractivity contribution in [2.75, 3.05) is 19.1 Å². The summed E-state index contributed by atoms with van der Waals surface area (Å²) in [6, 6.07) is 12.9. The number of carbonyl (C=O) groups excluding carboxylic acids is 2. The lowest BCUT2D eigenvalue weighted by molar-refractivity contribution is -0.139. The standard InChI is InChI=1S/C23H19ClFN3O4/c1-12-9-16(25)17(10-15(12)24)28-20(23(30)32-3)19(22(29)31-2)18(14(11-26)21(28)27)13-7-5-4-6-8-13/h4-10,18H,27H2,1-3H3. The lowest BCUT2D eigenvalue weighted by Crippen LogP contribution is -2.41. The van der Waals surface area contributed by atoms with E-state index in [1.807, 2.05) is 6.07 Å². The molecule has 0 saturated carbocycles. The Labute approximate surface area is 189 Å². The van der Waals surface area contributed by atoms with Crippen LogP contribution in [0.3, 0.4) is 0 Å². The van der Waals surface area contributed by atoms with Gasteiger partial charge in [0.1, 0.15) is 17.3 Å². The number of halogens is 2. The Balaban J connectivity index is 2.46. The van der Waals surface area contributed by atoms with Crippen molar-refractivity contribution in [2.45, 2.75) is 12.8 Å². The number of benzene rings is 2. The number of hydrogen-bond donors (Lipinski definition) is 1. The van der Waals surface area contributed by atoms with Gasteiger partial charge in [0.05, 0.1) is 43.0 Å². The van der Waals surface area contributed by atoms with Crippen LogP contribution in [0.4, 0.5) is 10.1 Å². The Kier molecular flexibility index (Phi) is 6.51. The van der Waals surface area contributed by atoms with Gasteiger partial charge in [-0.1, -0.05) is 41.9 Å². The number of methoxy groups -OCH3 is 2. The summed E-state index contributed by atoms with van der Waals surface area (Å²) in [5, 5.41) is 10.2. The van der Waals surface area contributed by atoms with Crippen LogP contribution in [0.25, 0.3) is 0 Å². The SMILES string of the molecule is COC(=O)C1=C(C(=O)OC)N(c2cc(Cl)c(C)cc2F)C(N)=C(C#N)C1c1ccccc1. The molecule has 0 saturated heterocycles. The number of nitrogens with zero attached hydrogens (tertiary/aromatic N) is 2. The second kappa shape index (κ2) is 9.12. The summed E-state index contributed by atoms with van der Waals surface area (Å²) in [6.45, 7) is 1.60. The van der Waals surface area contributed by atoms with Crippen LogP contribution in [0.1, 0.15) is 17.0 Å². The van der Waals surface area contributed by atoms with Crippen molar-refractivity contribution >= 4 is 29.2 Å². The maximum atomic E-state index is 15.0. The molecule has 1 aliphatic heterocycles. The molecule has 32 heavy (non-hydrogen) atoms. The summed E-state index contributed by atoms with van der Waals surface area (Å²) < 4.78 is 24.9. The zero-order chi connectivity index (χ0) is 23.6. The van der Waals surface area contributed by atoms with E-state index in [0.29, 0.717) is 11.1 Å². The molecule has 1 heterocycles. The molecular formula is C23H19ClFN3O4. The third-order valence-corrected chi connectivity index (χ3v) is 5.49. The molecule has 1 atom stereocenters. The van der Waals surface area contributed by atoms with Crippen LogP contribution < -0.4 is 10.6 Å². The van der Waals surface area contributed by atoms with Gasteiger partial charge in [-0.15, -0.1) is 0 Å². The van der Waals surface area contributed by atoms with Crippen LogP contribution in [0.5, 0.6) is 0 Å². The monoisotopic (exact) mass is 455 g/mol. The smallest absolute Gasteiger partial charge is 0.355 e. The van der Waals surface area contributed by atoms with Crippen molar-refractivity contribution in [3.05, 3.63) is 87.1 Å². The second-order valence-electron chi connectivity index (χ2n) is 6.89. The van der Waals surface area contributed by atoms with Gasteiger partial charge in [-0.25, -0.2) is 14.0 Å². The molecule has 2 aromatic carbocycles. The minimum atomic E-state index is -1.04. The Bertz CT molecular complexity index is 1200. The van der Waals surface area contributed by atoms with Crippen LogP contribution in [-0.2, 0) is 19.1 Å². The van der Waals surface area contributed by atoms with Gasteiger partial charge in [-0.2, -0.15) is 5.26 Å². The summed E-state index contributed by atoms with van der Waals surface area (Å²) in [5.41, 5.74) is 6.40. The molecule has 0 amide bonds. The zero-order valence-corrected chi connectivity index (χ0v) is 18.2. The van der Waals surface area contributed by atoms with Crippen LogP contribution in [0.15, 0.2) is 65.1 Å². The molecule has 0 bridgehead atoms. The molecule has 2 aromatic rings. The van der Waals surface area contributed by atoms with Crippen molar-refractivity contribution in [1.29, 1.82) is 5.26 Å². The highest BCUT2D eigenvalue weighted by atomic mass is 35.5. The van der Waals surface area contributed by atoms with E-state index in [4.69, 9.17) is 26.8 Å². The van der Waals surface area contributed by atoms with Crippen molar-refractivity contribution in [3.8, 4) is 6.07 Å². The Hall–Kier alpha value is -3.83.